The minimum atomic E-state index is -0.137. The molecule has 4 heteroatoms. The molecule has 1 aliphatic heterocycles. The second kappa shape index (κ2) is 5.38. The molecule has 1 aromatic rings. The second-order valence-corrected chi connectivity index (χ2v) is 6.33. The fraction of sp³-hybridized carbons (Fsp3) is 0.571. The average Bonchev–Trinajstić information content (AvgIpc) is 2.85. The van der Waals surface area contributed by atoms with E-state index in [0.717, 1.165) is 18.7 Å². The minimum absolute atomic E-state index is 0.106. The molecule has 2 N–H and O–H groups in total. The van der Waals surface area contributed by atoms with E-state index in [0.29, 0.717) is 10.0 Å². The van der Waals surface area contributed by atoms with E-state index in [1.54, 1.807) is 6.07 Å². The summed E-state index contributed by atoms with van der Waals surface area (Å²) in [6, 6.07) is 5.36. The molecule has 0 aromatic heterocycles. The summed E-state index contributed by atoms with van der Waals surface area (Å²) >= 11 is 12.3. The number of rotatable bonds is 3. The van der Waals surface area contributed by atoms with Gasteiger partial charge in [0.05, 0.1) is 0 Å². The van der Waals surface area contributed by atoms with Gasteiger partial charge in [-0.2, -0.15) is 0 Å². The molecule has 1 saturated heterocycles. The third-order valence-electron chi connectivity index (χ3n) is 3.98. The Morgan fingerprint density at radius 1 is 1.22 bits per heavy atom. The van der Waals surface area contributed by atoms with Gasteiger partial charge in [-0.3, -0.25) is 4.90 Å². The van der Waals surface area contributed by atoms with Crippen molar-refractivity contribution in [2.45, 2.75) is 38.3 Å². The predicted octanol–water partition coefficient (Wildman–Crippen LogP) is 3.87. The van der Waals surface area contributed by atoms with E-state index in [1.165, 1.54) is 12.8 Å². The lowest BCUT2D eigenvalue weighted by Gasteiger charge is -2.40. The first-order chi connectivity index (χ1) is 8.43. The molecule has 100 valence electrons. The zero-order valence-corrected chi connectivity index (χ0v) is 12.4. The minimum Gasteiger partial charge on any atom is -0.322 e. The molecule has 1 fully saturated rings. The molecule has 1 aromatic carbocycles. The van der Waals surface area contributed by atoms with Crippen LogP contribution in [0.5, 0.6) is 0 Å². The zero-order chi connectivity index (χ0) is 13.3. The third-order valence-corrected chi connectivity index (χ3v) is 4.55. The van der Waals surface area contributed by atoms with Crippen molar-refractivity contribution in [2.75, 3.05) is 13.1 Å². The molecule has 0 amide bonds. The summed E-state index contributed by atoms with van der Waals surface area (Å²) in [5.41, 5.74) is 7.26. The smallest absolute Gasteiger partial charge is 0.0492 e. The van der Waals surface area contributed by atoms with Crippen LogP contribution in [-0.2, 0) is 0 Å². The number of nitrogens with two attached hydrogens (primary N) is 1. The van der Waals surface area contributed by atoms with Gasteiger partial charge in [-0.15, -0.1) is 0 Å². The maximum absolute atomic E-state index is 6.44. The molecule has 0 radical (unpaired) electrons. The lowest BCUT2D eigenvalue weighted by Crippen LogP contribution is -2.50. The molecule has 18 heavy (non-hydrogen) atoms. The summed E-state index contributed by atoms with van der Waals surface area (Å²) in [7, 11) is 0. The zero-order valence-electron chi connectivity index (χ0n) is 10.9. The number of hydrogen-bond acceptors (Lipinski definition) is 2. The lowest BCUT2D eigenvalue weighted by molar-refractivity contribution is 0.124. The van der Waals surface area contributed by atoms with Crippen LogP contribution in [0.1, 0.15) is 38.3 Å². The average molecular weight is 287 g/mol. The summed E-state index contributed by atoms with van der Waals surface area (Å²) in [6.07, 6.45) is 2.50. The molecule has 2 nitrogen and oxygen atoms in total. The maximum atomic E-state index is 6.44. The Labute approximate surface area is 119 Å². The molecule has 1 atom stereocenters. The number of halogens is 2. The topological polar surface area (TPSA) is 29.3 Å². The third kappa shape index (κ3) is 2.67. The highest BCUT2D eigenvalue weighted by molar-refractivity contribution is 6.33. The van der Waals surface area contributed by atoms with Gasteiger partial charge in [-0.1, -0.05) is 23.2 Å². The van der Waals surface area contributed by atoms with Crippen molar-refractivity contribution in [1.82, 2.24) is 4.90 Å². The molecule has 1 heterocycles. The first kappa shape index (κ1) is 14.1. The summed E-state index contributed by atoms with van der Waals surface area (Å²) < 4.78 is 0. The molecule has 0 bridgehead atoms. The van der Waals surface area contributed by atoms with Crippen LogP contribution in [0.4, 0.5) is 0 Å². The first-order valence-corrected chi connectivity index (χ1v) is 7.14. The van der Waals surface area contributed by atoms with Gasteiger partial charge in [0.1, 0.15) is 0 Å². The molecular formula is C14H20Cl2N2. The molecule has 2 rings (SSSR count). The molecule has 1 unspecified atom stereocenters. The highest BCUT2D eigenvalue weighted by atomic mass is 35.5. The van der Waals surface area contributed by atoms with E-state index in [1.807, 2.05) is 12.1 Å². The highest BCUT2D eigenvalue weighted by Gasteiger charge is 2.36. The summed E-state index contributed by atoms with van der Waals surface area (Å²) in [6.45, 7) is 6.58. The Kier molecular flexibility index (Phi) is 4.22. The van der Waals surface area contributed by atoms with Crippen molar-refractivity contribution >= 4 is 23.2 Å². The lowest BCUT2D eigenvalue weighted by atomic mass is 9.88. The number of benzene rings is 1. The van der Waals surface area contributed by atoms with Gasteiger partial charge in [0.25, 0.3) is 0 Å². The fourth-order valence-electron chi connectivity index (χ4n) is 2.62. The molecule has 0 spiro atoms. The van der Waals surface area contributed by atoms with Crippen molar-refractivity contribution < 1.29 is 0 Å². The number of nitrogens with zero attached hydrogens (tertiary/aromatic N) is 1. The largest absolute Gasteiger partial charge is 0.322 e. The van der Waals surface area contributed by atoms with Crippen LogP contribution in [0.25, 0.3) is 0 Å². The van der Waals surface area contributed by atoms with Gasteiger partial charge in [-0.05, 0) is 63.5 Å². The molecule has 1 aliphatic rings. The van der Waals surface area contributed by atoms with Gasteiger partial charge < -0.3 is 5.73 Å². The van der Waals surface area contributed by atoms with E-state index in [9.17, 15) is 0 Å². The van der Waals surface area contributed by atoms with Gasteiger partial charge in [0.2, 0.25) is 0 Å². The number of hydrogen-bond donors (Lipinski definition) is 1. The number of likely N-dealkylation sites (tertiary alicyclic amines) is 1. The monoisotopic (exact) mass is 286 g/mol. The van der Waals surface area contributed by atoms with Crippen LogP contribution in [-0.4, -0.2) is 23.5 Å². The van der Waals surface area contributed by atoms with E-state index in [-0.39, 0.29) is 11.6 Å². The van der Waals surface area contributed by atoms with Crippen LogP contribution in [0.2, 0.25) is 10.0 Å². The van der Waals surface area contributed by atoms with E-state index < -0.39 is 0 Å². The van der Waals surface area contributed by atoms with Gasteiger partial charge in [0.15, 0.2) is 0 Å². The molecule has 0 aliphatic carbocycles. The quantitative estimate of drug-likeness (QED) is 0.914. The van der Waals surface area contributed by atoms with Crippen LogP contribution in [0.15, 0.2) is 18.2 Å². The van der Waals surface area contributed by atoms with E-state index in [4.69, 9.17) is 28.9 Å². The molecular weight excluding hydrogens is 267 g/mol. The predicted molar refractivity (Wildman–Crippen MR) is 78.3 cm³/mol. The SMILES string of the molecule is CC(C)(C(N)c1cc(Cl)ccc1Cl)N1CCCC1. The normalized spacial score (nSPS) is 19.2. The molecule has 0 saturated carbocycles. The van der Waals surface area contributed by atoms with Crippen molar-refractivity contribution in [3.8, 4) is 0 Å². The summed E-state index contributed by atoms with van der Waals surface area (Å²) in [5, 5.41) is 1.38. The van der Waals surface area contributed by atoms with Gasteiger partial charge >= 0.3 is 0 Å². The summed E-state index contributed by atoms with van der Waals surface area (Å²) in [4.78, 5) is 2.44. The van der Waals surface area contributed by atoms with E-state index in [2.05, 4.69) is 18.7 Å². The van der Waals surface area contributed by atoms with Crippen molar-refractivity contribution in [3.05, 3.63) is 33.8 Å². The Balaban J connectivity index is 2.28. The Hall–Kier alpha value is -0.280. The van der Waals surface area contributed by atoms with Gasteiger partial charge in [-0.25, -0.2) is 0 Å². The van der Waals surface area contributed by atoms with Crippen molar-refractivity contribution in [1.29, 1.82) is 0 Å². The Bertz CT molecular complexity index is 426. The first-order valence-electron chi connectivity index (χ1n) is 6.38. The van der Waals surface area contributed by atoms with Crippen LogP contribution >= 0.6 is 23.2 Å². The van der Waals surface area contributed by atoms with E-state index >= 15 is 0 Å². The standard InChI is InChI=1S/C14H20Cl2N2/c1-14(2,18-7-3-4-8-18)13(17)11-9-10(15)5-6-12(11)16/h5-6,9,13H,3-4,7-8,17H2,1-2H3. The van der Waals surface area contributed by atoms with Crippen LogP contribution in [0.3, 0.4) is 0 Å². The fourth-order valence-corrected chi connectivity index (χ4v) is 3.04. The van der Waals surface area contributed by atoms with Crippen LogP contribution < -0.4 is 5.73 Å². The summed E-state index contributed by atoms with van der Waals surface area (Å²) in [5.74, 6) is 0. The van der Waals surface area contributed by atoms with Crippen molar-refractivity contribution in [3.63, 3.8) is 0 Å². The van der Waals surface area contributed by atoms with Crippen molar-refractivity contribution in [2.24, 2.45) is 5.73 Å². The Morgan fingerprint density at radius 2 is 1.83 bits per heavy atom. The highest BCUT2D eigenvalue weighted by Crippen LogP contribution is 2.35. The van der Waals surface area contributed by atoms with Crippen LogP contribution in [0, 0.1) is 0 Å². The second-order valence-electron chi connectivity index (χ2n) is 5.49. The van der Waals surface area contributed by atoms with Gasteiger partial charge in [0, 0.05) is 21.6 Å². The Morgan fingerprint density at radius 3 is 2.44 bits per heavy atom. The maximum Gasteiger partial charge on any atom is 0.0492 e.